The first kappa shape index (κ1) is 15.3. The summed E-state index contributed by atoms with van der Waals surface area (Å²) in [7, 11) is 0. The third-order valence-electron chi connectivity index (χ3n) is 3.87. The van der Waals surface area contributed by atoms with E-state index < -0.39 is 5.82 Å². The molecule has 0 saturated carbocycles. The topological polar surface area (TPSA) is 41.1 Å². The quantitative estimate of drug-likeness (QED) is 0.900. The maximum atomic E-state index is 13.7. The van der Waals surface area contributed by atoms with Crippen molar-refractivity contribution in [1.82, 2.24) is 10.6 Å². The Morgan fingerprint density at radius 1 is 1.55 bits per heavy atom. The van der Waals surface area contributed by atoms with Gasteiger partial charge in [-0.25, -0.2) is 4.39 Å². The third kappa shape index (κ3) is 3.49. The summed E-state index contributed by atoms with van der Waals surface area (Å²) in [5.74, 6) is -0.616. The predicted molar refractivity (Wildman–Crippen MR) is 78.3 cm³/mol. The van der Waals surface area contributed by atoms with Crippen molar-refractivity contribution >= 4 is 17.5 Å². The first-order valence-electron chi connectivity index (χ1n) is 6.83. The van der Waals surface area contributed by atoms with Crippen LogP contribution in [0.15, 0.2) is 18.2 Å². The minimum absolute atomic E-state index is 0.00701. The number of halogens is 2. The molecule has 1 heterocycles. The number of rotatable bonds is 3. The molecule has 1 aromatic rings. The minimum Gasteiger partial charge on any atom is -0.352 e. The van der Waals surface area contributed by atoms with E-state index in [1.807, 2.05) is 0 Å². The number of nitrogens with one attached hydrogen (secondary N) is 2. The van der Waals surface area contributed by atoms with Crippen molar-refractivity contribution in [3.8, 4) is 0 Å². The number of hydrogen-bond acceptors (Lipinski definition) is 2. The van der Waals surface area contributed by atoms with E-state index in [-0.39, 0.29) is 29.3 Å². The van der Waals surface area contributed by atoms with Crippen LogP contribution in [-0.4, -0.2) is 25.0 Å². The fourth-order valence-electron chi connectivity index (χ4n) is 2.55. The Morgan fingerprint density at radius 2 is 2.30 bits per heavy atom. The van der Waals surface area contributed by atoms with Crippen LogP contribution in [0.3, 0.4) is 0 Å². The maximum Gasteiger partial charge on any atom is 0.224 e. The van der Waals surface area contributed by atoms with Crippen molar-refractivity contribution in [2.24, 2.45) is 5.41 Å². The Hall–Kier alpha value is -1.13. The molecular formula is C15H20ClFN2O. The molecule has 2 rings (SSSR count). The largest absolute Gasteiger partial charge is 0.352 e. The van der Waals surface area contributed by atoms with Gasteiger partial charge in [-0.1, -0.05) is 31.5 Å². The first-order chi connectivity index (χ1) is 9.40. The summed E-state index contributed by atoms with van der Waals surface area (Å²) in [4.78, 5) is 12.1. The van der Waals surface area contributed by atoms with Crippen LogP contribution in [0.25, 0.3) is 0 Å². The van der Waals surface area contributed by atoms with Crippen molar-refractivity contribution in [3.63, 3.8) is 0 Å². The molecule has 2 N–H and O–H groups in total. The van der Waals surface area contributed by atoms with E-state index in [4.69, 9.17) is 11.6 Å². The fourth-order valence-corrected chi connectivity index (χ4v) is 2.78. The van der Waals surface area contributed by atoms with Crippen LogP contribution in [0.5, 0.6) is 0 Å². The average molecular weight is 299 g/mol. The van der Waals surface area contributed by atoms with Gasteiger partial charge in [0.15, 0.2) is 0 Å². The molecule has 1 aromatic carbocycles. The van der Waals surface area contributed by atoms with Crippen LogP contribution in [-0.2, 0) is 11.2 Å². The van der Waals surface area contributed by atoms with E-state index in [9.17, 15) is 9.18 Å². The molecule has 1 aliphatic heterocycles. The smallest absolute Gasteiger partial charge is 0.224 e. The van der Waals surface area contributed by atoms with Crippen molar-refractivity contribution < 1.29 is 9.18 Å². The highest BCUT2D eigenvalue weighted by molar-refractivity contribution is 6.31. The molecule has 5 heteroatoms. The van der Waals surface area contributed by atoms with E-state index in [2.05, 4.69) is 24.5 Å². The Balaban J connectivity index is 2.02. The second-order valence-electron chi connectivity index (χ2n) is 5.95. The standard InChI is InChI=1S/C15H20ClFN2O/c1-15(2)9-18-7-6-13(15)19-14(20)8-10-11(16)4-3-5-12(10)17/h3-5,13,18H,6-9H2,1-2H3,(H,19,20). The van der Waals surface area contributed by atoms with E-state index in [0.717, 1.165) is 19.5 Å². The van der Waals surface area contributed by atoms with Crippen LogP contribution in [0.1, 0.15) is 25.8 Å². The summed E-state index contributed by atoms with van der Waals surface area (Å²) in [5.41, 5.74) is 0.255. The molecule has 1 unspecified atom stereocenters. The van der Waals surface area contributed by atoms with Gasteiger partial charge in [0.1, 0.15) is 5.82 Å². The molecule has 0 radical (unpaired) electrons. The molecule has 0 aromatic heterocycles. The van der Waals surface area contributed by atoms with E-state index in [1.165, 1.54) is 12.1 Å². The number of hydrogen-bond donors (Lipinski definition) is 2. The fraction of sp³-hybridized carbons (Fsp3) is 0.533. The molecule has 1 fully saturated rings. The molecular weight excluding hydrogens is 279 g/mol. The lowest BCUT2D eigenvalue weighted by atomic mass is 9.80. The van der Waals surface area contributed by atoms with Crippen molar-refractivity contribution in [3.05, 3.63) is 34.6 Å². The molecule has 110 valence electrons. The molecule has 1 atom stereocenters. The minimum atomic E-state index is -0.433. The molecule has 1 saturated heterocycles. The second-order valence-corrected chi connectivity index (χ2v) is 6.36. The molecule has 1 aliphatic rings. The Labute approximate surface area is 123 Å². The monoisotopic (exact) mass is 298 g/mol. The van der Waals surface area contributed by atoms with Crippen molar-refractivity contribution in [2.45, 2.75) is 32.7 Å². The van der Waals surface area contributed by atoms with Gasteiger partial charge in [-0.2, -0.15) is 0 Å². The molecule has 0 aliphatic carbocycles. The first-order valence-corrected chi connectivity index (χ1v) is 7.21. The van der Waals surface area contributed by atoms with Gasteiger partial charge >= 0.3 is 0 Å². The van der Waals surface area contributed by atoms with E-state index in [0.29, 0.717) is 5.02 Å². The summed E-state index contributed by atoms with van der Waals surface area (Å²) < 4.78 is 13.7. The molecule has 20 heavy (non-hydrogen) atoms. The van der Waals surface area contributed by atoms with Gasteiger partial charge < -0.3 is 10.6 Å². The molecule has 0 bridgehead atoms. The number of benzene rings is 1. The lowest BCUT2D eigenvalue weighted by molar-refractivity contribution is -0.122. The third-order valence-corrected chi connectivity index (χ3v) is 4.22. The summed E-state index contributed by atoms with van der Waals surface area (Å²) >= 11 is 5.94. The number of amides is 1. The van der Waals surface area contributed by atoms with Crippen molar-refractivity contribution in [1.29, 1.82) is 0 Å². The zero-order chi connectivity index (χ0) is 14.8. The zero-order valence-electron chi connectivity index (χ0n) is 11.8. The van der Waals surface area contributed by atoms with Gasteiger partial charge in [0.2, 0.25) is 5.91 Å². The summed E-state index contributed by atoms with van der Waals surface area (Å²) in [5, 5.41) is 6.62. The van der Waals surface area contributed by atoms with E-state index >= 15 is 0 Å². The highest BCUT2D eigenvalue weighted by atomic mass is 35.5. The summed E-state index contributed by atoms with van der Waals surface area (Å²) in [6, 6.07) is 4.56. The van der Waals surface area contributed by atoms with Crippen LogP contribution >= 0.6 is 11.6 Å². The Bertz CT molecular complexity index is 484. The van der Waals surface area contributed by atoms with E-state index in [1.54, 1.807) is 6.07 Å². The van der Waals surface area contributed by atoms with Crippen LogP contribution < -0.4 is 10.6 Å². The number of carbonyl (C=O) groups excluding carboxylic acids is 1. The van der Waals surface area contributed by atoms with Gasteiger partial charge in [-0.05, 0) is 30.5 Å². The van der Waals surface area contributed by atoms with Crippen LogP contribution in [0.2, 0.25) is 5.02 Å². The lowest BCUT2D eigenvalue weighted by Gasteiger charge is -2.39. The number of carbonyl (C=O) groups is 1. The molecule has 0 spiro atoms. The van der Waals surface area contributed by atoms with Gasteiger partial charge in [0.05, 0.1) is 6.42 Å². The zero-order valence-corrected chi connectivity index (χ0v) is 12.6. The number of piperidine rings is 1. The summed E-state index contributed by atoms with van der Waals surface area (Å²) in [6.07, 6.45) is 0.856. The second kappa shape index (κ2) is 6.10. The van der Waals surface area contributed by atoms with Crippen LogP contribution in [0.4, 0.5) is 4.39 Å². The lowest BCUT2D eigenvalue weighted by Crippen LogP contribution is -2.54. The maximum absolute atomic E-state index is 13.7. The predicted octanol–water partition coefficient (Wildman–Crippen LogP) is 2.53. The van der Waals surface area contributed by atoms with Gasteiger partial charge in [0.25, 0.3) is 0 Å². The molecule has 1 amide bonds. The summed E-state index contributed by atoms with van der Waals surface area (Å²) in [6.45, 7) is 5.97. The van der Waals surface area contributed by atoms with Crippen molar-refractivity contribution in [2.75, 3.05) is 13.1 Å². The van der Waals surface area contributed by atoms with Crippen LogP contribution in [0, 0.1) is 11.2 Å². The van der Waals surface area contributed by atoms with Gasteiger partial charge in [-0.3, -0.25) is 4.79 Å². The Kier molecular flexibility index (Phi) is 4.66. The SMILES string of the molecule is CC1(C)CNCCC1NC(=O)Cc1c(F)cccc1Cl. The highest BCUT2D eigenvalue weighted by Crippen LogP contribution is 2.25. The normalized spacial score (nSPS) is 21.5. The van der Waals surface area contributed by atoms with Gasteiger partial charge in [0, 0.05) is 23.2 Å². The Morgan fingerprint density at radius 3 is 2.95 bits per heavy atom. The highest BCUT2D eigenvalue weighted by Gasteiger charge is 2.33. The average Bonchev–Trinajstić information content (AvgIpc) is 2.36. The van der Waals surface area contributed by atoms with Gasteiger partial charge in [-0.15, -0.1) is 0 Å². The molecule has 3 nitrogen and oxygen atoms in total.